The molecule has 4 N–H and O–H groups in total. The molecule has 0 unspecified atom stereocenters. The van der Waals surface area contributed by atoms with Gasteiger partial charge in [-0.2, -0.15) is 13.2 Å². The number of amides is 5. The first-order valence-electron chi connectivity index (χ1n) is 18.6. The minimum Gasteiger partial charge on any atom is -0.455 e. The summed E-state index contributed by atoms with van der Waals surface area (Å²) in [5.41, 5.74) is 5.70. The Labute approximate surface area is 327 Å². The van der Waals surface area contributed by atoms with Gasteiger partial charge in [0.15, 0.2) is 12.7 Å². The topological polar surface area (TPSA) is 170 Å². The van der Waals surface area contributed by atoms with Crippen molar-refractivity contribution >= 4 is 52.9 Å². The summed E-state index contributed by atoms with van der Waals surface area (Å²) in [6, 6.07) is 9.46. The number of hydrogen-bond acceptors (Lipinski definition) is 10. The van der Waals surface area contributed by atoms with E-state index in [1.807, 2.05) is 29.2 Å². The van der Waals surface area contributed by atoms with Gasteiger partial charge in [-0.15, -0.1) is 0 Å². The fourth-order valence-corrected chi connectivity index (χ4v) is 7.82. The van der Waals surface area contributed by atoms with E-state index < -0.39 is 47.4 Å². The quantitative estimate of drug-likeness (QED) is 0.240. The van der Waals surface area contributed by atoms with Gasteiger partial charge < -0.3 is 40.5 Å². The number of ether oxygens (including phenoxy) is 2. The number of alkyl halides is 3. The second-order valence-electron chi connectivity index (χ2n) is 14.4. The number of nitrogens with two attached hydrogens (primary N) is 1. The number of hydrogen-bond donors (Lipinski definition) is 3. The van der Waals surface area contributed by atoms with Crippen molar-refractivity contribution in [3.8, 4) is 0 Å². The van der Waals surface area contributed by atoms with E-state index >= 15 is 0 Å². The van der Waals surface area contributed by atoms with Crippen LogP contribution in [0.15, 0.2) is 36.4 Å². The first-order valence-corrected chi connectivity index (χ1v) is 19.0. The molecule has 3 fully saturated rings. The molecule has 0 saturated carbocycles. The maximum Gasteiger partial charge on any atom is 0.418 e. The number of halogens is 4. The molecular weight excluding hydrogens is 761 g/mol. The molecule has 56 heavy (non-hydrogen) atoms. The molecule has 2 aromatic carbocycles. The van der Waals surface area contributed by atoms with Crippen LogP contribution in [0.25, 0.3) is 0 Å². The molecule has 15 nitrogen and oxygen atoms in total. The van der Waals surface area contributed by atoms with Gasteiger partial charge in [0.1, 0.15) is 0 Å². The smallest absolute Gasteiger partial charge is 0.418 e. The van der Waals surface area contributed by atoms with Gasteiger partial charge in [-0.1, -0.05) is 29.8 Å². The van der Waals surface area contributed by atoms with Crippen molar-refractivity contribution in [2.45, 2.75) is 50.0 Å². The Hall–Kier alpha value is -4.81. The lowest BCUT2D eigenvalue weighted by molar-refractivity contribution is -0.151. The van der Waals surface area contributed by atoms with E-state index in [0.717, 1.165) is 17.3 Å². The third-order valence-electron chi connectivity index (χ3n) is 10.8. The zero-order valence-electron chi connectivity index (χ0n) is 31.0. The normalized spacial score (nSPS) is 19.3. The molecule has 0 bridgehead atoms. The van der Waals surface area contributed by atoms with Crippen LogP contribution in [0.3, 0.4) is 0 Å². The van der Waals surface area contributed by atoms with Gasteiger partial charge in [0.25, 0.3) is 11.8 Å². The van der Waals surface area contributed by atoms with Crippen molar-refractivity contribution in [3.63, 3.8) is 0 Å². The Bertz CT molecular complexity index is 1800. The molecule has 5 amide bonds. The standard InChI is InChI=1S/C37H46ClF3N8O7/c1-43-31(50)22-55-32(51)21-45-19-26(20-45)46-12-14-47(15-13-46)34(52)30(18-23-16-27(37(39,40)41)33(42)28(38)17-23)56-36(54)48-9-7-25(8-10-48)49-11-6-24-4-2-3-5-29(24)44-35(49)53/h2-5,16-17,25-26,30H,6-15,18-22,42H2,1H3,(H,43,50)(H,44,53)/t30-/m1/s1. The van der Waals surface area contributed by atoms with Crippen molar-refractivity contribution < 1.29 is 46.6 Å². The highest BCUT2D eigenvalue weighted by Crippen LogP contribution is 2.38. The molecule has 0 aliphatic carbocycles. The minimum atomic E-state index is -4.81. The number of nitrogen functional groups attached to an aromatic ring is 1. The van der Waals surface area contributed by atoms with Crippen molar-refractivity contribution in [1.29, 1.82) is 0 Å². The van der Waals surface area contributed by atoms with E-state index in [2.05, 4.69) is 15.5 Å². The Balaban J connectivity index is 1.06. The van der Waals surface area contributed by atoms with E-state index in [0.29, 0.717) is 52.0 Å². The fourth-order valence-electron chi connectivity index (χ4n) is 7.57. The lowest BCUT2D eigenvalue weighted by Crippen LogP contribution is -2.64. The third kappa shape index (κ3) is 9.76. The summed E-state index contributed by atoms with van der Waals surface area (Å²) >= 11 is 6.11. The van der Waals surface area contributed by atoms with Crippen LogP contribution >= 0.6 is 11.6 Å². The zero-order valence-corrected chi connectivity index (χ0v) is 31.7. The second-order valence-corrected chi connectivity index (χ2v) is 14.8. The first kappa shape index (κ1) is 40.8. The van der Waals surface area contributed by atoms with Crippen LogP contribution in [0.4, 0.5) is 34.1 Å². The predicted molar refractivity (Wildman–Crippen MR) is 199 cm³/mol. The largest absolute Gasteiger partial charge is 0.455 e. The number of carbonyl (C=O) groups is 5. The number of esters is 1. The Morgan fingerprint density at radius 1 is 0.982 bits per heavy atom. The lowest BCUT2D eigenvalue weighted by Gasteiger charge is -2.48. The summed E-state index contributed by atoms with van der Waals surface area (Å²) < 4.78 is 52.3. The number of urea groups is 1. The highest BCUT2D eigenvalue weighted by molar-refractivity contribution is 6.33. The molecule has 6 rings (SSSR count). The monoisotopic (exact) mass is 806 g/mol. The number of anilines is 2. The van der Waals surface area contributed by atoms with E-state index in [-0.39, 0.29) is 74.5 Å². The average Bonchev–Trinajstić information content (AvgIpc) is 3.33. The minimum absolute atomic E-state index is 0.0246. The van der Waals surface area contributed by atoms with Crippen molar-refractivity contribution in [2.24, 2.45) is 0 Å². The predicted octanol–water partition coefficient (Wildman–Crippen LogP) is 2.66. The highest BCUT2D eigenvalue weighted by atomic mass is 35.5. The maximum atomic E-state index is 14.0. The lowest BCUT2D eigenvalue weighted by atomic mass is 10.0. The molecular formula is C37H46ClF3N8O7. The number of likely N-dealkylation sites (tertiary alicyclic amines) is 2. The summed E-state index contributed by atoms with van der Waals surface area (Å²) in [6.45, 7) is 3.42. The van der Waals surface area contributed by atoms with Crippen LogP contribution in [0.5, 0.6) is 0 Å². The van der Waals surface area contributed by atoms with Crippen LogP contribution in [0, 0.1) is 0 Å². The summed E-state index contributed by atoms with van der Waals surface area (Å²) in [5.74, 6) is -1.46. The fraction of sp³-hybridized carbons (Fsp3) is 0.541. The van der Waals surface area contributed by atoms with Crippen LogP contribution in [-0.2, 0) is 42.9 Å². The number of piperazine rings is 1. The second kappa shape index (κ2) is 17.5. The van der Waals surface area contributed by atoms with Gasteiger partial charge >= 0.3 is 24.3 Å². The number of carbonyl (C=O) groups excluding carboxylic acids is 5. The average molecular weight is 807 g/mol. The number of nitrogens with zero attached hydrogens (tertiary/aromatic N) is 5. The molecule has 19 heteroatoms. The van der Waals surface area contributed by atoms with Gasteiger partial charge in [-0.05, 0) is 48.6 Å². The number of para-hydroxylation sites is 1. The van der Waals surface area contributed by atoms with Crippen molar-refractivity contribution in [1.82, 2.24) is 29.8 Å². The van der Waals surface area contributed by atoms with Crippen LogP contribution in [-0.4, -0.2) is 152 Å². The molecule has 1 atom stereocenters. The van der Waals surface area contributed by atoms with Gasteiger partial charge in [-0.3, -0.25) is 24.2 Å². The Kier molecular flexibility index (Phi) is 12.8. The molecule has 2 aromatic rings. The molecule has 4 aliphatic heterocycles. The van der Waals surface area contributed by atoms with Crippen LogP contribution in [0.1, 0.15) is 29.5 Å². The molecule has 4 aliphatic rings. The molecule has 304 valence electrons. The number of likely N-dealkylation sites (N-methyl/N-ethyl adjacent to an activating group) is 1. The number of fused-ring (bicyclic) bond motifs is 1. The number of nitrogens with one attached hydrogen (secondary N) is 2. The number of benzene rings is 2. The van der Waals surface area contributed by atoms with Gasteiger partial charge in [-0.25, -0.2) is 9.59 Å². The SMILES string of the molecule is CNC(=O)COC(=O)CN1CC(N2CCN(C(=O)[C@@H](Cc3cc(Cl)c(N)c(C(F)(F)F)c3)OC(=O)N3CCC(N4CCc5ccccc5NC4=O)CC3)CC2)C1. The summed E-state index contributed by atoms with van der Waals surface area (Å²) in [6.07, 6.45) is -5.80. The zero-order chi connectivity index (χ0) is 40.1. The molecule has 4 heterocycles. The third-order valence-corrected chi connectivity index (χ3v) is 11.1. The van der Waals surface area contributed by atoms with Crippen molar-refractivity contribution in [3.05, 3.63) is 58.1 Å². The molecule has 0 spiro atoms. The van der Waals surface area contributed by atoms with Crippen molar-refractivity contribution in [2.75, 3.05) is 90.2 Å². The van der Waals surface area contributed by atoms with Gasteiger partial charge in [0.05, 0.1) is 22.8 Å². The Morgan fingerprint density at radius 2 is 1.68 bits per heavy atom. The summed E-state index contributed by atoms with van der Waals surface area (Å²) in [5, 5.41) is 5.01. The van der Waals surface area contributed by atoms with Crippen LogP contribution in [0.2, 0.25) is 5.02 Å². The summed E-state index contributed by atoms with van der Waals surface area (Å²) in [7, 11) is 1.45. The number of rotatable bonds is 10. The summed E-state index contributed by atoms with van der Waals surface area (Å²) in [4.78, 5) is 73.0. The van der Waals surface area contributed by atoms with E-state index in [1.54, 1.807) is 4.90 Å². The van der Waals surface area contributed by atoms with Gasteiger partial charge in [0, 0.05) is 90.1 Å². The van der Waals surface area contributed by atoms with Crippen LogP contribution < -0.4 is 16.4 Å². The highest BCUT2D eigenvalue weighted by Gasteiger charge is 2.39. The molecule has 0 radical (unpaired) electrons. The van der Waals surface area contributed by atoms with E-state index in [4.69, 9.17) is 26.8 Å². The molecule has 0 aromatic heterocycles. The van der Waals surface area contributed by atoms with E-state index in [9.17, 15) is 37.1 Å². The molecule has 3 saturated heterocycles. The first-order chi connectivity index (χ1) is 26.7. The van der Waals surface area contributed by atoms with Gasteiger partial charge in [0.2, 0.25) is 0 Å². The van der Waals surface area contributed by atoms with E-state index in [1.165, 1.54) is 22.9 Å². The maximum absolute atomic E-state index is 14.0. The Morgan fingerprint density at radius 3 is 2.36 bits per heavy atom. The number of piperidine rings is 1.